The molecule has 0 aliphatic heterocycles. The molecule has 0 aliphatic carbocycles. The Morgan fingerprint density at radius 1 is 0.345 bits per heavy atom. The molecule has 452 valence electrons. The van der Waals surface area contributed by atoms with Gasteiger partial charge < -0.3 is 73.3 Å². The minimum Gasteiger partial charge on any atom is -0.490 e. The molecule has 0 aliphatic rings. The van der Waals surface area contributed by atoms with Crippen LogP contribution in [0.25, 0.3) is 43.1 Å². The summed E-state index contributed by atoms with van der Waals surface area (Å²) in [5.41, 5.74) is -0.751. The van der Waals surface area contributed by atoms with Gasteiger partial charge in [0.05, 0.1) is 22.3 Å². The zero-order valence-corrected chi connectivity index (χ0v) is 46.9. The van der Waals surface area contributed by atoms with Crippen LogP contribution in [0.5, 0.6) is 23.0 Å². The molecule has 6 N–H and O–H groups in total. The van der Waals surface area contributed by atoms with Crippen LogP contribution < -0.4 is 18.9 Å². The molecule has 8 rings (SSSR count). The lowest BCUT2D eigenvalue weighted by atomic mass is 10.0. The lowest BCUT2D eigenvalue weighted by Gasteiger charge is -2.35. The highest BCUT2D eigenvalue weighted by atomic mass is 16.6. The number of fused-ring (bicyclic) bond motifs is 4. The number of hydrogen-bond donors (Lipinski definition) is 6. The molecule has 87 heavy (non-hydrogen) atoms. The molecular formula is C64H58O23. The molecule has 0 saturated carbocycles. The van der Waals surface area contributed by atoms with Crippen LogP contribution in [0.15, 0.2) is 146 Å². The van der Waals surface area contributed by atoms with Gasteiger partial charge in [-0.25, -0.2) is 19.2 Å². The third-order valence-corrected chi connectivity index (χ3v) is 13.6. The molecule has 23 heteroatoms. The van der Waals surface area contributed by atoms with E-state index < -0.39 is 123 Å². The number of carbonyl (C=O) groups excluding carboxylic acids is 5. The number of rotatable bonds is 27. The first-order valence-electron chi connectivity index (χ1n) is 26.8. The lowest BCUT2D eigenvalue weighted by molar-refractivity contribution is -0.202. The van der Waals surface area contributed by atoms with Gasteiger partial charge in [-0.05, 0) is 70.1 Å². The quantitative estimate of drug-likeness (QED) is 0.0216. The van der Waals surface area contributed by atoms with Gasteiger partial charge in [0.1, 0.15) is 67.7 Å². The number of carbonyl (C=O) groups is 8. The number of esters is 5. The van der Waals surface area contributed by atoms with Crippen molar-refractivity contribution in [1.82, 2.24) is 0 Å². The smallest absolute Gasteiger partial charge is 0.338 e. The third kappa shape index (κ3) is 15.7. The average molecular weight is 1200 g/mol. The Morgan fingerprint density at radius 3 is 0.954 bits per heavy atom. The summed E-state index contributed by atoms with van der Waals surface area (Å²) < 4.78 is 53.0. The Hall–Kier alpha value is -10.4. The van der Waals surface area contributed by atoms with Crippen molar-refractivity contribution in [3.8, 4) is 23.0 Å². The summed E-state index contributed by atoms with van der Waals surface area (Å²) in [7, 11) is 0. The first kappa shape index (κ1) is 62.7. The fourth-order valence-corrected chi connectivity index (χ4v) is 9.62. The van der Waals surface area contributed by atoms with Crippen LogP contribution in [0.4, 0.5) is 0 Å². The second kappa shape index (κ2) is 28.0. The number of carboxylic acids is 3. The van der Waals surface area contributed by atoms with Crippen molar-refractivity contribution in [2.75, 3.05) is 26.4 Å². The van der Waals surface area contributed by atoms with Gasteiger partial charge in [-0.2, -0.15) is 0 Å². The molecule has 0 unspecified atom stereocenters. The molecule has 0 aromatic heterocycles. The maximum atomic E-state index is 14.6. The van der Waals surface area contributed by atoms with Crippen LogP contribution >= 0.6 is 0 Å². The molecule has 8 atom stereocenters. The molecule has 0 heterocycles. The molecule has 23 nitrogen and oxygen atoms in total. The molecular weight excluding hydrogens is 1140 g/mol. The average Bonchev–Trinajstić information content (AvgIpc) is 2.22. The number of benzene rings is 8. The number of aromatic carboxylic acids is 3. The van der Waals surface area contributed by atoms with Gasteiger partial charge >= 0.3 is 47.8 Å². The molecule has 0 amide bonds. The van der Waals surface area contributed by atoms with E-state index in [0.29, 0.717) is 43.1 Å². The Morgan fingerprint density at radius 2 is 0.632 bits per heavy atom. The van der Waals surface area contributed by atoms with Crippen molar-refractivity contribution in [2.45, 2.75) is 76.5 Å². The molecule has 8 aromatic rings. The summed E-state index contributed by atoms with van der Waals surface area (Å²) in [6.07, 6.45) is -15.3. The van der Waals surface area contributed by atoms with Crippen molar-refractivity contribution < 1.29 is 112 Å². The summed E-state index contributed by atoms with van der Waals surface area (Å²) in [5, 5.41) is 67.8. The normalized spacial score (nSPS) is 14.0. The lowest BCUT2D eigenvalue weighted by Crippen LogP contribution is -2.54. The SMILES string of the molecule is CC(=O)O[C@H]([C@H](OC(C)=O)[C@H](COc1cc(C(=O)O)cc2ccccc12)OC(C)=O)[C@@H](COc1cc(C(=O)O[C@@H](COc2cc(C(=O)O)cc3ccccc23)[C@@H](O)[C@@H](O)[C@H](O)COc2cc(C(=O)O)cc3ccccc23)cc2ccccc12)OC(C)=O. The second-order valence-electron chi connectivity index (χ2n) is 19.9. The number of carboxylic acid groups (broad SMARTS) is 3. The molecule has 0 fully saturated rings. The summed E-state index contributed by atoms with van der Waals surface area (Å²) in [6.45, 7) is 1.12. The summed E-state index contributed by atoms with van der Waals surface area (Å²) >= 11 is 0. The van der Waals surface area contributed by atoms with E-state index in [1.807, 2.05) is 0 Å². The predicted octanol–water partition coefficient (Wildman–Crippen LogP) is 7.34. The summed E-state index contributed by atoms with van der Waals surface area (Å²) in [6, 6.07) is 36.7. The second-order valence-corrected chi connectivity index (χ2v) is 19.9. The Balaban J connectivity index is 1.11. The fourth-order valence-electron chi connectivity index (χ4n) is 9.62. The monoisotopic (exact) mass is 1190 g/mol. The third-order valence-electron chi connectivity index (χ3n) is 13.6. The maximum absolute atomic E-state index is 14.6. The Bertz CT molecular complexity index is 3910. The van der Waals surface area contributed by atoms with E-state index in [4.69, 9.17) is 42.6 Å². The first-order chi connectivity index (χ1) is 41.5. The van der Waals surface area contributed by atoms with E-state index in [-0.39, 0.29) is 45.3 Å². The van der Waals surface area contributed by atoms with Crippen LogP contribution in [-0.2, 0) is 42.9 Å². The fraction of sp³-hybridized carbons (Fsp3) is 0.250. The number of aliphatic hydroxyl groups excluding tert-OH is 3. The van der Waals surface area contributed by atoms with Gasteiger partial charge in [-0.3, -0.25) is 19.2 Å². The molecule has 0 bridgehead atoms. The highest BCUT2D eigenvalue weighted by Crippen LogP contribution is 2.34. The van der Waals surface area contributed by atoms with Gasteiger partial charge in [0.15, 0.2) is 30.5 Å². The minimum absolute atomic E-state index is 0.0148. The Kier molecular flexibility index (Phi) is 20.2. The van der Waals surface area contributed by atoms with Gasteiger partial charge in [0.25, 0.3) is 0 Å². The van der Waals surface area contributed by atoms with Crippen molar-refractivity contribution >= 4 is 90.8 Å². The largest absolute Gasteiger partial charge is 0.490 e. The zero-order valence-electron chi connectivity index (χ0n) is 46.9. The van der Waals surface area contributed by atoms with Gasteiger partial charge in [-0.15, -0.1) is 0 Å². The summed E-state index contributed by atoms with van der Waals surface area (Å²) in [4.78, 5) is 103. The van der Waals surface area contributed by atoms with Crippen molar-refractivity contribution in [1.29, 1.82) is 0 Å². The molecule has 8 aromatic carbocycles. The minimum atomic E-state index is -2.19. The van der Waals surface area contributed by atoms with Gasteiger partial charge in [0, 0.05) is 49.2 Å². The van der Waals surface area contributed by atoms with Crippen molar-refractivity contribution in [2.24, 2.45) is 0 Å². The zero-order chi connectivity index (χ0) is 62.6. The van der Waals surface area contributed by atoms with Gasteiger partial charge in [0.2, 0.25) is 0 Å². The highest BCUT2D eigenvalue weighted by Gasteiger charge is 2.45. The first-order valence-corrected chi connectivity index (χ1v) is 26.8. The molecule has 0 spiro atoms. The van der Waals surface area contributed by atoms with Crippen LogP contribution in [0.1, 0.15) is 69.1 Å². The van der Waals surface area contributed by atoms with Crippen molar-refractivity contribution in [3.05, 3.63) is 168 Å². The standard InChI is InChI=1S/C64H58O23/c1-33(65)83-55(31-81-52-27-43(63(76)77)23-39-15-7-11-19-47(39)52)59(85-35(3)67)60(86-36(4)68)56(84-34(2)66)32-82-53-28-44(24-40-16-8-12-20-48(40)53)64(78)87-54(30-80-51-26-42(62(74)75)22-38-14-6-10-18-46(38)51)58(71)57(70)49(69)29-79-50-25-41(61(72)73)21-37-13-5-9-17-45(37)50/h5-28,49,54-60,69-71H,29-32H2,1-4H3,(H,72,73)(H,74,75)(H,76,77)/t49-,54+,55+,56-,57+,58-,59-,60+/m1/s1. The van der Waals surface area contributed by atoms with E-state index >= 15 is 0 Å². The van der Waals surface area contributed by atoms with Crippen LogP contribution in [0, 0.1) is 0 Å². The number of aliphatic hydroxyl groups is 3. The topological polar surface area (TPSA) is 341 Å². The molecule has 0 radical (unpaired) electrons. The van der Waals surface area contributed by atoms with Crippen LogP contribution in [0.3, 0.4) is 0 Å². The number of ether oxygens (including phenoxy) is 9. The van der Waals surface area contributed by atoms with E-state index in [2.05, 4.69) is 0 Å². The van der Waals surface area contributed by atoms with Gasteiger partial charge in [-0.1, -0.05) is 97.1 Å². The maximum Gasteiger partial charge on any atom is 0.338 e. The van der Waals surface area contributed by atoms with E-state index in [1.165, 1.54) is 48.5 Å². The van der Waals surface area contributed by atoms with Crippen LogP contribution in [-0.4, -0.2) is 154 Å². The van der Waals surface area contributed by atoms with E-state index in [0.717, 1.165) is 27.7 Å². The van der Waals surface area contributed by atoms with Crippen molar-refractivity contribution in [3.63, 3.8) is 0 Å². The molecule has 0 saturated heterocycles. The van der Waals surface area contributed by atoms with Crippen LogP contribution in [0.2, 0.25) is 0 Å². The predicted molar refractivity (Wildman–Crippen MR) is 308 cm³/mol. The van der Waals surface area contributed by atoms with E-state index in [1.54, 1.807) is 97.1 Å². The highest BCUT2D eigenvalue weighted by molar-refractivity contribution is 6.01. The number of hydrogen-bond acceptors (Lipinski definition) is 20. The Labute approximate surface area is 494 Å². The summed E-state index contributed by atoms with van der Waals surface area (Å²) in [5.74, 6) is -9.03. The van der Waals surface area contributed by atoms with E-state index in [9.17, 15) is 69.0 Å².